The lowest BCUT2D eigenvalue weighted by atomic mass is 10.0. The molecule has 37 heavy (non-hydrogen) atoms. The molecule has 0 unspecified atom stereocenters. The smallest absolute Gasteiger partial charge is 0.229 e. The number of para-hydroxylation sites is 2. The first-order chi connectivity index (χ1) is 18.1. The summed E-state index contributed by atoms with van der Waals surface area (Å²) < 4.78 is 11.0. The molecule has 0 amide bonds. The van der Waals surface area contributed by atoms with Gasteiger partial charge in [0.2, 0.25) is 5.95 Å². The van der Waals surface area contributed by atoms with Crippen LogP contribution in [0.3, 0.4) is 0 Å². The van der Waals surface area contributed by atoms with Crippen molar-refractivity contribution in [2.75, 3.05) is 24.9 Å². The Kier molecular flexibility index (Phi) is 6.99. The molecule has 2 N–H and O–H groups in total. The molecule has 1 heterocycles. The standard InChI is InChI=1S/C31H28N4O2/c1-21-20-32-31(34-25-18-14-23(15-19-25)27-9-5-7-11-29(27)37-3)35-30(21)33-24-16-12-22(13-17-24)26-8-4-6-10-28(26)36-2/h4-20H,1-3H3,(H2,32,33,34,35). The molecule has 6 heteroatoms. The van der Waals surface area contributed by atoms with E-state index >= 15 is 0 Å². The predicted molar refractivity (Wildman–Crippen MR) is 150 cm³/mol. The van der Waals surface area contributed by atoms with Crippen LogP contribution in [0, 0.1) is 6.92 Å². The number of hydrogen-bond donors (Lipinski definition) is 2. The molecule has 0 aliphatic rings. The van der Waals surface area contributed by atoms with Gasteiger partial charge in [0.05, 0.1) is 14.2 Å². The molecule has 0 spiro atoms. The minimum atomic E-state index is 0.517. The van der Waals surface area contributed by atoms with Gasteiger partial charge in [-0.1, -0.05) is 60.7 Å². The van der Waals surface area contributed by atoms with Gasteiger partial charge in [0.15, 0.2) is 0 Å². The monoisotopic (exact) mass is 488 g/mol. The van der Waals surface area contributed by atoms with Crippen LogP contribution in [0.2, 0.25) is 0 Å². The van der Waals surface area contributed by atoms with Gasteiger partial charge >= 0.3 is 0 Å². The van der Waals surface area contributed by atoms with E-state index in [9.17, 15) is 0 Å². The highest BCUT2D eigenvalue weighted by molar-refractivity contribution is 5.74. The van der Waals surface area contributed by atoms with Crippen LogP contribution >= 0.6 is 0 Å². The number of ether oxygens (including phenoxy) is 2. The molecular weight excluding hydrogens is 460 g/mol. The number of nitrogens with zero attached hydrogens (tertiary/aromatic N) is 2. The second-order valence-corrected chi connectivity index (χ2v) is 8.53. The molecule has 0 bridgehead atoms. The number of benzene rings is 4. The van der Waals surface area contributed by atoms with Gasteiger partial charge in [0, 0.05) is 34.3 Å². The van der Waals surface area contributed by atoms with Crippen LogP contribution in [-0.4, -0.2) is 24.2 Å². The van der Waals surface area contributed by atoms with E-state index in [4.69, 9.17) is 14.5 Å². The summed E-state index contributed by atoms with van der Waals surface area (Å²) in [6.45, 7) is 1.98. The van der Waals surface area contributed by atoms with E-state index < -0.39 is 0 Å². The van der Waals surface area contributed by atoms with E-state index in [1.807, 2.05) is 79.9 Å². The van der Waals surface area contributed by atoms with Crippen LogP contribution in [0.1, 0.15) is 5.56 Å². The first-order valence-electron chi connectivity index (χ1n) is 12.0. The van der Waals surface area contributed by atoms with Gasteiger partial charge in [-0.05, 0) is 54.4 Å². The highest BCUT2D eigenvalue weighted by Gasteiger charge is 2.09. The summed E-state index contributed by atoms with van der Waals surface area (Å²) in [4.78, 5) is 9.17. The summed E-state index contributed by atoms with van der Waals surface area (Å²) in [5.74, 6) is 2.95. The highest BCUT2D eigenvalue weighted by atomic mass is 16.5. The fourth-order valence-electron chi connectivity index (χ4n) is 4.13. The summed E-state index contributed by atoms with van der Waals surface area (Å²) in [5.41, 5.74) is 7.05. The first-order valence-corrected chi connectivity index (χ1v) is 12.0. The fourth-order valence-corrected chi connectivity index (χ4v) is 4.13. The lowest BCUT2D eigenvalue weighted by Crippen LogP contribution is -2.02. The zero-order chi connectivity index (χ0) is 25.6. The maximum absolute atomic E-state index is 5.50. The van der Waals surface area contributed by atoms with Crippen molar-refractivity contribution in [2.24, 2.45) is 0 Å². The van der Waals surface area contributed by atoms with Crippen LogP contribution in [0.4, 0.5) is 23.1 Å². The van der Waals surface area contributed by atoms with Gasteiger partial charge in [-0.15, -0.1) is 0 Å². The number of aromatic nitrogens is 2. The van der Waals surface area contributed by atoms with E-state index in [-0.39, 0.29) is 0 Å². The van der Waals surface area contributed by atoms with Crippen molar-refractivity contribution in [2.45, 2.75) is 6.92 Å². The molecule has 0 radical (unpaired) electrons. The van der Waals surface area contributed by atoms with E-state index in [0.717, 1.165) is 56.5 Å². The van der Waals surface area contributed by atoms with Gasteiger partial charge in [-0.25, -0.2) is 4.98 Å². The number of nitrogens with one attached hydrogen (secondary N) is 2. The summed E-state index contributed by atoms with van der Waals surface area (Å²) in [6, 6.07) is 32.3. The molecule has 1 aromatic heterocycles. The molecule has 0 aliphatic heterocycles. The molecule has 4 aromatic carbocycles. The van der Waals surface area contributed by atoms with E-state index in [2.05, 4.69) is 45.9 Å². The molecule has 5 rings (SSSR count). The van der Waals surface area contributed by atoms with Crippen molar-refractivity contribution in [3.05, 3.63) is 109 Å². The molecule has 5 aromatic rings. The molecule has 0 saturated heterocycles. The molecular formula is C31H28N4O2. The van der Waals surface area contributed by atoms with Crippen LogP contribution in [0.15, 0.2) is 103 Å². The van der Waals surface area contributed by atoms with Crippen molar-refractivity contribution in [3.63, 3.8) is 0 Å². The Morgan fingerprint density at radius 2 is 1.08 bits per heavy atom. The Labute approximate surface area is 217 Å². The van der Waals surface area contributed by atoms with Gasteiger partial charge in [0.25, 0.3) is 0 Å². The van der Waals surface area contributed by atoms with Crippen molar-refractivity contribution in [3.8, 4) is 33.8 Å². The fraction of sp³-hybridized carbons (Fsp3) is 0.0968. The van der Waals surface area contributed by atoms with Crippen LogP contribution < -0.4 is 20.1 Å². The number of methoxy groups -OCH3 is 2. The summed E-state index contributed by atoms with van der Waals surface area (Å²) in [5, 5.41) is 6.71. The van der Waals surface area contributed by atoms with Crippen LogP contribution in [0.5, 0.6) is 11.5 Å². The molecule has 0 atom stereocenters. The third-order valence-electron chi connectivity index (χ3n) is 6.10. The average molecular weight is 489 g/mol. The maximum Gasteiger partial charge on any atom is 0.229 e. The van der Waals surface area contributed by atoms with Crippen LogP contribution in [-0.2, 0) is 0 Å². The lowest BCUT2D eigenvalue weighted by molar-refractivity contribution is 0.416. The topological polar surface area (TPSA) is 68.3 Å². The zero-order valence-corrected chi connectivity index (χ0v) is 21.0. The number of anilines is 4. The third kappa shape index (κ3) is 5.38. The summed E-state index contributed by atoms with van der Waals surface area (Å²) in [7, 11) is 3.37. The SMILES string of the molecule is COc1ccccc1-c1ccc(Nc2ncc(C)c(Nc3ccc(-c4ccccc4OC)cc3)n2)cc1. The molecule has 184 valence electrons. The minimum absolute atomic E-state index is 0.517. The highest BCUT2D eigenvalue weighted by Crippen LogP contribution is 2.32. The Balaban J connectivity index is 1.31. The van der Waals surface area contributed by atoms with Gasteiger partial charge in [0.1, 0.15) is 17.3 Å². The Morgan fingerprint density at radius 3 is 1.59 bits per heavy atom. The van der Waals surface area contributed by atoms with Crippen molar-refractivity contribution in [1.82, 2.24) is 9.97 Å². The van der Waals surface area contributed by atoms with Gasteiger partial charge in [-0.2, -0.15) is 4.98 Å². The Morgan fingerprint density at radius 1 is 0.595 bits per heavy atom. The molecule has 0 fully saturated rings. The average Bonchev–Trinajstić information content (AvgIpc) is 2.95. The Bertz CT molecular complexity index is 1500. The lowest BCUT2D eigenvalue weighted by Gasteiger charge is -2.13. The second kappa shape index (κ2) is 10.8. The first kappa shape index (κ1) is 23.9. The van der Waals surface area contributed by atoms with Gasteiger partial charge < -0.3 is 20.1 Å². The third-order valence-corrected chi connectivity index (χ3v) is 6.10. The van der Waals surface area contributed by atoms with E-state index in [1.54, 1.807) is 14.2 Å². The summed E-state index contributed by atoms with van der Waals surface area (Å²) in [6.07, 6.45) is 1.81. The van der Waals surface area contributed by atoms with E-state index in [0.29, 0.717) is 5.95 Å². The number of rotatable bonds is 8. The predicted octanol–water partition coefficient (Wildman–Crippen LogP) is 7.62. The molecule has 0 saturated carbocycles. The van der Waals surface area contributed by atoms with Crippen molar-refractivity contribution >= 4 is 23.1 Å². The molecule has 0 aliphatic carbocycles. The second-order valence-electron chi connectivity index (χ2n) is 8.53. The minimum Gasteiger partial charge on any atom is -0.496 e. The van der Waals surface area contributed by atoms with Crippen molar-refractivity contribution in [1.29, 1.82) is 0 Å². The normalized spacial score (nSPS) is 10.6. The molecule has 6 nitrogen and oxygen atoms in total. The largest absolute Gasteiger partial charge is 0.496 e. The van der Waals surface area contributed by atoms with E-state index in [1.165, 1.54) is 0 Å². The van der Waals surface area contributed by atoms with Crippen molar-refractivity contribution < 1.29 is 9.47 Å². The van der Waals surface area contributed by atoms with Gasteiger partial charge in [-0.3, -0.25) is 0 Å². The number of hydrogen-bond acceptors (Lipinski definition) is 6. The quantitative estimate of drug-likeness (QED) is 0.234. The van der Waals surface area contributed by atoms with Crippen LogP contribution in [0.25, 0.3) is 22.3 Å². The summed E-state index contributed by atoms with van der Waals surface area (Å²) >= 11 is 0. The zero-order valence-electron chi connectivity index (χ0n) is 21.0. The Hall–Kier alpha value is -4.84. The number of aryl methyl sites for hydroxylation is 1. The maximum atomic E-state index is 5.50.